The lowest BCUT2D eigenvalue weighted by atomic mass is 10.0. The first kappa shape index (κ1) is 21.0. The third-order valence-electron chi connectivity index (χ3n) is 3.73. The maximum atomic E-state index is 12.4. The lowest BCUT2D eigenvalue weighted by molar-refractivity contribution is -0.130. The van der Waals surface area contributed by atoms with Crippen LogP contribution >= 0.6 is 0 Å². The van der Waals surface area contributed by atoms with E-state index >= 15 is 0 Å². The van der Waals surface area contributed by atoms with Gasteiger partial charge in [-0.25, -0.2) is 0 Å². The normalized spacial score (nSPS) is 14.6. The molecule has 0 aliphatic carbocycles. The molecule has 0 saturated carbocycles. The number of carbonyl (C=O) groups is 2. The van der Waals surface area contributed by atoms with Crippen molar-refractivity contribution in [3.63, 3.8) is 0 Å². The Balaban J connectivity index is 2.71. The first-order valence-corrected chi connectivity index (χ1v) is 8.06. The molecule has 25 heavy (non-hydrogen) atoms. The third-order valence-corrected chi connectivity index (χ3v) is 3.73. The van der Waals surface area contributed by atoms with Crippen LogP contribution in [-0.2, 0) is 20.7 Å². The maximum Gasteiger partial charge on any atom is 0.242 e. The molecule has 0 heterocycles. The fourth-order valence-electron chi connectivity index (χ4n) is 2.33. The highest BCUT2D eigenvalue weighted by Crippen LogP contribution is 2.04. The number of hydrogen-bond acceptors (Lipinski definition) is 6. The fourth-order valence-corrected chi connectivity index (χ4v) is 2.33. The molecule has 1 aromatic rings. The molecular formula is C17H27N3O5. The first-order valence-electron chi connectivity index (χ1n) is 8.06. The topological polar surface area (TPSA) is 120 Å². The number of rotatable bonds is 10. The molecule has 0 saturated heterocycles. The van der Waals surface area contributed by atoms with E-state index in [1.54, 1.807) is 6.92 Å². The van der Waals surface area contributed by atoms with Crippen molar-refractivity contribution in [2.24, 2.45) is 0 Å². The summed E-state index contributed by atoms with van der Waals surface area (Å²) in [6, 6.07) is 7.05. The molecule has 1 rings (SSSR count). The molecule has 0 bridgehead atoms. The molecule has 0 aromatic heterocycles. The number of likely N-dealkylation sites (N-methyl/N-ethyl adjacent to an activating group) is 1. The summed E-state index contributed by atoms with van der Waals surface area (Å²) in [4.78, 5) is 24.4. The van der Waals surface area contributed by atoms with Crippen LogP contribution in [0.3, 0.4) is 0 Å². The second kappa shape index (κ2) is 10.8. The van der Waals surface area contributed by atoms with E-state index in [0.717, 1.165) is 5.56 Å². The van der Waals surface area contributed by atoms with Crippen LogP contribution in [0.25, 0.3) is 0 Å². The van der Waals surface area contributed by atoms with Gasteiger partial charge in [0.2, 0.25) is 11.8 Å². The standard InChI is InChI=1S/C17H27N3O5/c1-11(19-14(10-25-3)17(23)24)15(21)20-13(16(22)18-2)9-12-7-5-4-6-8-12/h4-8,11,13-14,17,19,23-24H,9-10H2,1-3H3,(H,18,22)(H,20,21). The minimum atomic E-state index is -1.67. The lowest BCUT2D eigenvalue weighted by Crippen LogP contribution is -2.56. The Morgan fingerprint density at radius 1 is 1.16 bits per heavy atom. The van der Waals surface area contributed by atoms with Crippen molar-refractivity contribution in [3.05, 3.63) is 35.9 Å². The van der Waals surface area contributed by atoms with Gasteiger partial charge < -0.3 is 25.6 Å². The minimum Gasteiger partial charge on any atom is -0.383 e. The Hall–Kier alpha value is -2.00. The zero-order chi connectivity index (χ0) is 18.8. The molecule has 0 spiro atoms. The van der Waals surface area contributed by atoms with Gasteiger partial charge in [0.1, 0.15) is 6.04 Å². The zero-order valence-electron chi connectivity index (χ0n) is 14.7. The number of aliphatic hydroxyl groups is 2. The summed E-state index contributed by atoms with van der Waals surface area (Å²) in [6.45, 7) is 1.60. The van der Waals surface area contributed by atoms with Crippen molar-refractivity contribution in [1.82, 2.24) is 16.0 Å². The Labute approximate surface area is 147 Å². The molecule has 5 N–H and O–H groups in total. The number of carbonyl (C=O) groups excluding carboxylic acids is 2. The summed E-state index contributed by atoms with van der Waals surface area (Å²) < 4.78 is 4.88. The molecule has 2 amide bonds. The average Bonchev–Trinajstić information content (AvgIpc) is 2.60. The lowest BCUT2D eigenvalue weighted by Gasteiger charge is -2.25. The molecule has 0 fully saturated rings. The zero-order valence-corrected chi connectivity index (χ0v) is 14.7. The summed E-state index contributed by atoms with van der Waals surface area (Å²) in [7, 11) is 2.92. The second-order valence-corrected chi connectivity index (χ2v) is 5.73. The van der Waals surface area contributed by atoms with E-state index in [1.807, 2.05) is 30.3 Å². The minimum absolute atomic E-state index is 0.0260. The van der Waals surface area contributed by atoms with Gasteiger partial charge in [-0.05, 0) is 12.5 Å². The second-order valence-electron chi connectivity index (χ2n) is 5.73. The molecule has 1 aromatic carbocycles. The fraction of sp³-hybridized carbons (Fsp3) is 0.529. The van der Waals surface area contributed by atoms with Crippen molar-refractivity contribution in [1.29, 1.82) is 0 Å². The van der Waals surface area contributed by atoms with Crippen LogP contribution in [0.15, 0.2) is 30.3 Å². The van der Waals surface area contributed by atoms with Crippen molar-refractivity contribution in [2.75, 3.05) is 20.8 Å². The highest BCUT2D eigenvalue weighted by molar-refractivity contribution is 5.89. The van der Waals surface area contributed by atoms with Gasteiger partial charge in [-0.3, -0.25) is 14.9 Å². The van der Waals surface area contributed by atoms with Crippen molar-refractivity contribution in [3.8, 4) is 0 Å². The van der Waals surface area contributed by atoms with Crippen molar-refractivity contribution >= 4 is 11.8 Å². The molecule has 0 aliphatic rings. The summed E-state index contributed by atoms with van der Waals surface area (Å²) in [5.41, 5.74) is 0.917. The van der Waals surface area contributed by atoms with Crippen LogP contribution in [0.1, 0.15) is 12.5 Å². The van der Waals surface area contributed by atoms with Crippen LogP contribution in [0.5, 0.6) is 0 Å². The van der Waals surface area contributed by atoms with Crippen LogP contribution < -0.4 is 16.0 Å². The largest absolute Gasteiger partial charge is 0.383 e. The van der Waals surface area contributed by atoms with Crippen LogP contribution in [0, 0.1) is 0 Å². The summed E-state index contributed by atoms with van der Waals surface area (Å²) >= 11 is 0. The number of methoxy groups -OCH3 is 1. The molecule has 140 valence electrons. The SMILES string of the molecule is CNC(=O)C(Cc1ccccc1)NC(=O)C(C)NC(COC)C(O)O. The van der Waals surface area contributed by atoms with Crippen molar-refractivity contribution < 1.29 is 24.5 Å². The van der Waals surface area contributed by atoms with E-state index in [0.29, 0.717) is 6.42 Å². The monoisotopic (exact) mass is 353 g/mol. The molecule has 0 aliphatic heterocycles. The number of benzene rings is 1. The van der Waals surface area contributed by atoms with E-state index in [4.69, 9.17) is 4.74 Å². The Kier molecular flexibility index (Phi) is 9.07. The molecule has 8 heteroatoms. The van der Waals surface area contributed by atoms with Gasteiger partial charge in [0, 0.05) is 20.6 Å². The molecule has 3 unspecified atom stereocenters. The quantitative estimate of drug-likeness (QED) is 0.336. The number of hydrogen-bond donors (Lipinski definition) is 5. The molecule has 0 radical (unpaired) electrons. The van der Waals surface area contributed by atoms with E-state index in [1.165, 1.54) is 14.2 Å². The van der Waals surface area contributed by atoms with Crippen molar-refractivity contribution in [2.45, 2.75) is 37.8 Å². The highest BCUT2D eigenvalue weighted by Gasteiger charge is 2.26. The van der Waals surface area contributed by atoms with Gasteiger partial charge >= 0.3 is 0 Å². The molecule has 8 nitrogen and oxygen atoms in total. The Bertz CT molecular complexity index is 538. The highest BCUT2D eigenvalue weighted by atomic mass is 16.5. The predicted molar refractivity (Wildman–Crippen MR) is 92.6 cm³/mol. The number of amides is 2. The van der Waals surface area contributed by atoms with E-state index < -0.39 is 30.3 Å². The summed E-state index contributed by atoms with van der Waals surface area (Å²) in [5, 5.41) is 26.6. The number of nitrogens with one attached hydrogen (secondary N) is 3. The number of ether oxygens (including phenoxy) is 1. The third kappa shape index (κ3) is 7.18. The van der Waals surface area contributed by atoms with Crippen LogP contribution in [0.2, 0.25) is 0 Å². The molecule has 3 atom stereocenters. The maximum absolute atomic E-state index is 12.4. The van der Waals surface area contributed by atoms with Gasteiger partial charge in [-0.15, -0.1) is 0 Å². The average molecular weight is 353 g/mol. The summed E-state index contributed by atoms with van der Waals surface area (Å²) in [6.07, 6.45) is -1.32. The van der Waals surface area contributed by atoms with Crippen LogP contribution in [0.4, 0.5) is 0 Å². The Morgan fingerprint density at radius 3 is 2.32 bits per heavy atom. The summed E-state index contributed by atoms with van der Waals surface area (Å²) in [5.74, 6) is -0.730. The van der Waals surface area contributed by atoms with Gasteiger partial charge in [0.25, 0.3) is 0 Å². The smallest absolute Gasteiger partial charge is 0.242 e. The van der Waals surface area contributed by atoms with Crippen LogP contribution in [-0.4, -0.2) is 67.2 Å². The van der Waals surface area contributed by atoms with Gasteiger partial charge in [0.15, 0.2) is 6.29 Å². The van der Waals surface area contributed by atoms with Gasteiger partial charge in [-0.2, -0.15) is 0 Å². The number of aliphatic hydroxyl groups excluding tert-OH is 1. The predicted octanol–water partition coefficient (Wildman–Crippen LogP) is -1.24. The van der Waals surface area contributed by atoms with Gasteiger partial charge in [-0.1, -0.05) is 30.3 Å². The van der Waals surface area contributed by atoms with Gasteiger partial charge in [0.05, 0.1) is 18.7 Å². The van der Waals surface area contributed by atoms with E-state index in [2.05, 4.69) is 16.0 Å². The Morgan fingerprint density at radius 2 is 1.80 bits per heavy atom. The first-order chi connectivity index (χ1) is 11.9. The van der Waals surface area contributed by atoms with E-state index in [-0.39, 0.29) is 12.5 Å². The van der Waals surface area contributed by atoms with E-state index in [9.17, 15) is 19.8 Å². The molecular weight excluding hydrogens is 326 g/mol.